The van der Waals surface area contributed by atoms with Gasteiger partial charge in [0.2, 0.25) is 0 Å². The first-order valence-electron chi connectivity index (χ1n) is 14.9. The fourth-order valence-corrected chi connectivity index (χ4v) is 5.79. The molecule has 2 nitrogen and oxygen atoms in total. The molecule has 214 valence electrons. The van der Waals surface area contributed by atoms with Gasteiger partial charge in [-0.1, -0.05) is 98.1 Å². The minimum absolute atomic E-state index is 1.06. The third-order valence-corrected chi connectivity index (χ3v) is 7.87. The van der Waals surface area contributed by atoms with E-state index in [9.17, 15) is 0 Å². The Hall–Kier alpha value is -5.60. The molecule has 0 aliphatic heterocycles. The molecule has 2 heteroatoms. The average molecular weight is 569 g/mol. The summed E-state index contributed by atoms with van der Waals surface area (Å²) in [6.07, 6.45) is 3.89. The van der Waals surface area contributed by atoms with Gasteiger partial charge in [-0.05, 0) is 120 Å². The van der Waals surface area contributed by atoms with Crippen molar-refractivity contribution in [3.8, 4) is 11.1 Å². The lowest BCUT2D eigenvalue weighted by Crippen LogP contribution is -2.11. The van der Waals surface area contributed by atoms with Crippen molar-refractivity contribution in [2.75, 3.05) is 9.80 Å². The topological polar surface area (TPSA) is 6.48 Å². The van der Waals surface area contributed by atoms with Gasteiger partial charge in [0.25, 0.3) is 0 Å². The Balaban J connectivity index is 1.45. The third kappa shape index (κ3) is 5.84. The maximum Gasteiger partial charge on any atom is 0.0468 e. The molecule has 0 amide bonds. The van der Waals surface area contributed by atoms with Crippen LogP contribution < -0.4 is 9.80 Å². The van der Waals surface area contributed by atoms with E-state index < -0.39 is 0 Å². The maximum absolute atomic E-state index is 4.21. The van der Waals surface area contributed by atoms with Gasteiger partial charge in [0.05, 0.1) is 0 Å². The lowest BCUT2D eigenvalue weighted by atomic mass is 9.93. The first-order chi connectivity index (χ1) is 21.6. The molecule has 6 aromatic carbocycles. The second-order valence-electron chi connectivity index (χ2n) is 11.0. The minimum Gasteiger partial charge on any atom is -0.310 e. The molecule has 0 heterocycles. The van der Waals surface area contributed by atoms with Gasteiger partial charge in [0.1, 0.15) is 0 Å². The summed E-state index contributed by atoms with van der Waals surface area (Å²) in [5.74, 6) is 0. The molecule has 0 unspecified atom stereocenters. The summed E-state index contributed by atoms with van der Waals surface area (Å²) >= 11 is 0. The van der Waals surface area contributed by atoms with Gasteiger partial charge in [-0.3, -0.25) is 0 Å². The van der Waals surface area contributed by atoms with Gasteiger partial charge in [-0.25, -0.2) is 0 Å². The van der Waals surface area contributed by atoms with Crippen molar-refractivity contribution in [1.29, 1.82) is 0 Å². The molecular weight excluding hydrogens is 532 g/mol. The normalized spacial score (nSPS) is 10.7. The number of hydrogen-bond donors (Lipinski definition) is 0. The number of hydrogen-bond acceptors (Lipinski definition) is 2. The smallest absolute Gasteiger partial charge is 0.0468 e. The van der Waals surface area contributed by atoms with Crippen molar-refractivity contribution in [3.05, 3.63) is 181 Å². The Kier molecular flexibility index (Phi) is 8.25. The SMILES string of the molecule is C=Cc1cc(N(c2ccccc2)c2cccc(C)c2)ccc1-c1ccc(N(c2ccccc2)c2cccc(C)c2)cc1C=C. The summed E-state index contributed by atoms with van der Waals surface area (Å²) in [5.41, 5.74) is 13.4. The standard InChI is InChI=1S/C42H36N2/c1-5-33-29-39(43(35-17-9-7-10-18-35)37-21-13-15-31(3)27-37)23-25-41(33)42-26-24-40(30-34(42)6-2)44(36-19-11-8-12-20-36)38-22-14-16-32(4)28-38/h5-30H,1-2H2,3-4H3. The van der Waals surface area contributed by atoms with E-state index in [-0.39, 0.29) is 0 Å². The number of nitrogens with zero attached hydrogens (tertiary/aromatic N) is 2. The number of para-hydroxylation sites is 2. The van der Waals surface area contributed by atoms with Crippen LogP contribution in [0.2, 0.25) is 0 Å². The van der Waals surface area contributed by atoms with Crippen molar-refractivity contribution < 1.29 is 0 Å². The molecule has 0 fully saturated rings. The van der Waals surface area contributed by atoms with Crippen molar-refractivity contribution in [2.45, 2.75) is 13.8 Å². The first-order valence-corrected chi connectivity index (χ1v) is 14.9. The van der Waals surface area contributed by atoms with Gasteiger partial charge in [-0.15, -0.1) is 0 Å². The molecular formula is C42H36N2. The molecule has 6 rings (SSSR count). The van der Waals surface area contributed by atoms with Crippen LogP contribution in [0.4, 0.5) is 34.1 Å². The molecule has 0 spiro atoms. The fourth-order valence-electron chi connectivity index (χ4n) is 5.79. The number of rotatable bonds is 9. The average Bonchev–Trinajstić information content (AvgIpc) is 3.06. The van der Waals surface area contributed by atoms with Crippen LogP contribution in [0.3, 0.4) is 0 Å². The molecule has 0 aromatic heterocycles. The Morgan fingerprint density at radius 2 is 0.750 bits per heavy atom. The molecule has 0 saturated heterocycles. The summed E-state index contributed by atoms with van der Waals surface area (Å²) in [6, 6.07) is 51.5. The Morgan fingerprint density at radius 3 is 1.11 bits per heavy atom. The number of anilines is 6. The fraction of sp³-hybridized carbons (Fsp3) is 0.0476. The predicted molar refractivity (Wildman–Crippen MR) is 191 cm³/mol. The summed E-state index contributed by atoms with van der Waals surface area (Å²) in [4.78, 5) is 4.59. The molecule has 0 saturated carbocycles. The van der Waals surface area contributed by atoms with E-state index >= 15 is 0 Å². The molecule has 0 atom stereocenters. The number of aryl methyl sites for hydroxylation is 2. The van der Waals surface area contributed by atoms with E-state index in [4.69, 9.17) is 0 Å². The molecule has 6 aromatic rings. The van der Waals surface area contributed by atoms with Crippen LogP contribution in [-0.4, -0.2) is 0 Å². The van der Waals surface area contributed by atoms with Gasteiger partial charge >= 0.3 is 0 Å². The summed E-state index contributed by atoms with van der Waals surface area (Å²) < 4.78 is 0. The van der Waals surface area contributed by atoms with Gasteiger partial charge in [0.15, 0.2) is 0 Å². The molecule has 0 aliphatic carbocycles. The molecule has 44 heavy (non-hydrogen) atoms. The Labute approximate surface area is 261 Å². The minimum atomic E-state index is 1.06. The van der Waals surface area contributed by atoms with Gasteiger partial charge < -0.3 is 9.80 Å². The quantitative estimate of drug-likeness (QED) is 0.171. The van der Waals surface area contributed by atoms with Crippen LogP contribution >= 0.6 is 0 Å². The summed E-state index contributed by atoms with van der Waals surface area (Å²) in [5, 5.41) is 0. The zero-order valence-corrected chi connectivity index (χ0v) is 25.3. The van der Waals surface area contributed by atoms with Crippen LogP contribution in [0.1, 0.15) is 22.3 Å². The summed E-state index contributed by atoms with van der Waals surface area (Å²) in [6.45, 7) is 12.7. The zero-order chi connectivity index (χ0) is 30.5. The molecule has 0 radical (unpaired) electrons. The first kappa shape index (κ1) is 28.5. The van der Waals surface area contributed by atoms with E-state index in [0.717, 1.165) is 56.4 Å². The number of benzene rings is 6. The lowest BCUT2D eigenvalue weighted by molar-refractivity contribution is 1.26. The second-order valence-corrected chi connectivity index (χ2v) is 11.0. The van der Waals surface area contributed by atoms with E-state index in [2.05, 4.69) is 182 Å². The van der Waals surface area contributed by atoms with Crippen molar-refractivity contribution in [3.63, 3.8) is 0 Å². The van der Waals surface area contributed by atoms with Crippen LogP contribution in [0.15, 0.2) is 159 Å². The molecule has 0 N–H and O–H groups in total. The highest BCUT2D eigenvalue weighted by molar-refractivity contribution is 5.88. The largest absolute Gasteiger partial charge is 0.310 e. The van der Waals surface area contributed by atoms with Crippen LogP contribution in [-0.2, 0) is 0 Å². The van der Waals surface area contributed by atoms with E-state index in [1.54, 1.807) is 0 Å². The van der Waals surface area contributed by atoms with E-state index in [1.807, 2.05) is 12.2 Å². The Morgan fingerprint density at radius 1 is 0.386 bits per heavy atom. The highest BCUT2D eigenvalue weighted by atomic mass is 15.1. The highest BCUT2D eigenvalue weighted by Gasteiger charge is 2.18. The second kappa shape index (κ2) is 12.7. The van der Waals surface area contributed by atoms with Crippen molar-refractivity contribution >= 4 is 46.3 Å². The molecule has 0 aliphatic rings. The predicted octanol–water partition coefficient (Wildman–Crippen LogP) is 12.2. The maximum atomic E-state index is 4.21. The third-order valence-electron chi connectivity index (χ3n) is 7.87. The van der Waals surface area contributed by atoms with Crippen molar-refractivity contribution in [1.82, 2.24) is 0 Å². The van der Waals surface area contributed by atoms with Gasteiger partial charge in [-0.2, -0.15) is 0 Å². The monoisotopic (exact) mass is 568 g/mol. The lowest BCUT2D eigenvalue weighted by Gasteiger charge is -2.27. The van der Waals surface area contributed by atoms with Crippen LogP contribution in [0.5, 0.6) is 0 Å². The molecule has 0 bridgehead atoms. The summed E-state index contributed by atoms with van der Waals surface area (Å²) in [7, 11) is 0. The van der Waals surface area contributed by atoms with E-state index in [1.165, 1.54) is 11.1 Å². The highest BCUT2D eigenvalue weighted by Crippen LogP contribution is 2.41. The van der Waals surface area contributed by atoms with Crippen LogP contribution in [0.25, 0.3) is 23.3 Å². The van der Waals surface area contributed by atoms with Crippen LogP contribution in [0, 0.1) is 13.8 Å². The van der Waals surface area contributed by atoms with Crippen molar-refractivity contribution in [2.24, 2.45) is 0 Å². The van der Waals surface area contributed by atoms with E-state index in [0.29, 0.717) is 0 Å². The van der Waals surface area contributed by atoms with Gasteiger partial charge in [0, 0.05) is 34.1 Å². The Bertz CT molecular complexity index is 1780. The zero-order valence-electron chi connectivity index (χ0n) is 25.3.